The SMILES string of the molecule is Cc1ccc(OCCCC(=O)c2ccc(CCC(C)(N)CCP(=O)(O)O)s2)cc1C. The third-order valence-electron chi connectivity index (χ3n) is 5.15. The highest BCUT2D eigenvalue weighted by atomic mass is 32.1. The standard InChI is InChI=1S/C22H32NO5PS/c1-16-6-7-18(15-17(16)2)28-13-4-5-20(24)21-9-8-19(30-21)10-11-22(3,23)12-14-29(25,26)27/h6-9,15H,4-5,10-14,23H2,1-3H3,(H2,25,26,27). The van der Waals surface area contributed by atoms with Crippen molar-refractivity contribution in [3.8, 4) is 5.75 Å². The number of ketones is 1. The predicted octanol–water partition coefficient (Wildman–Crippen LogP) is 4.62. The van der Waals surface area contributed by atoms with E-state index in [2.05, 4.69) is 6.92 Å². The minimum atomic E-state index is -4.04. The summed E-state index contributed by atoms with van der Waals surface area (Å²) in [5.41, 5.74) is 7.92. The number of hydrogen-bond donors (Lipinski definition) is 3. The van der Waals surface area contributed by atoms with Gasteiger partial charge in [-0.15, -0.1) is 11.3 Å². The molecule has 4 N–H and O–H groups in total. The highest BCUT2D eigenvalue weighted by Crippen LogP contribution is 2.37. The van der Waals surface area contributed by atoms with Gasteiger partial charge in [0.05, 0.1) is 17.6 Å². The fourth-order valence-corrected chi connectivity index (χ4v) is 4.72. The van der Waals surface area contributed by atoms with Gasteiger partial charge in [-0.2, -0.15) is 0 Å². The largest absolute Gasteiger partial charge is 0.494 e. The van der Waals surface area contributed by atoms with Gasteiger partial charge in [-0.25, -0.2) is 0 Å². The first kappa shape index (κ1) is 24.8. The molecule has 0 aliphatic heterocycles. The monoisotopic (exact) mass is 453 g/mol. The van der Waals surface area contributed by atoms with E-state index in [-0.39, 0.29) is 18.4 Å². The number of thiophene rings is 1. The lowest BCUT2D eigenvalue weighted by Crippen LogP contribution is -2.37. The van der Waals surface area contributed by atoms with E-state index in [0.29, 0.717) is 32.3 Å². The van der Waals surface area contributed by atoms with E-state index in [1.165, 1.54) is 22.5 Å². The molecule has 0 amide bonds. The molecule has 8 heteroatoms. The second-order valence-corrected chi connectivity index (χ2v) is 11.1. The second-order valence-electron chi connectivity index (χ2n) is 8.18. The van der Waals surface area contributed by atoms with Crippen LogP contribution in [0.4, 0.5) is 0 Å². The molecule has 1 aromatic carbocycles. The lowest BCUT2D eigenvalue weighted by Gasteiger charge is -2.24. The molecule has 0 saturated heterocycles. The fourth-order valence-electron chi connectivity index (χ4n) is 2.95. The maximum Gasteiger partial charge on any atom is 0.325 e. The summed E-state index contributed by atoms with van der Waals surface area (Å²) in [4.78, 5) is 32.2. The molecular formula is C22H32NO5PS. The number of Topliss-reactive ketones (excluding diaryl/α,β-unsaturated/α-hetero) is 1. The van der Waals surface area contributed by atoms with Gasteiger partial charge >= 0.3 is 7.60 Å². The van der Waals surface area contributed by atoms with Crippen molar-refractivity contribution in [1.29, 1.82) is 0 Å². The van der Waals surface area contributed by atoms with Crippen LogP contribution in [-0.4, -0.2) is 33.9 Å². The van der Waals surface area contributed by atoms with Crippen LogP contribution in [0.15, 0.2) is 30.3 Å². The van der Waals surface area contributed by atoms with E-state index in [0.717, 1.165) is 15.5 Å². The minimum Gasteiger partial charge on any atom is -0.494 e. The average Bonchev–Trinajstić information content (AvgIpc) is 3.14. The molecule has 0 spiro atoms. The zero-order chi connectivity index (χ0) is 22.4. The quantitative estimate of drug-likeness (QED) is 0.246. The minimum absolute atomic E-state index is 0.104. The molecule has 1 unspecified atom stereocenters. The van der Waals surface area contributed by atoms with Crippen LogP contribution in [0.25, 0.3) is 0 Å². The Bertz CT molecular complexity index is 903. The van der Waals surface area contributed by atoms with Gasteiger partial charge < -0.3 is 20.3 Å². The average molecular weight is 454 g/mol. The molecule has 0 fully saturated rings. The van der Waals surface area contributed by atoms with E-state index in [1.807, 2.05) is 37.3 Å². The molecular weight excluding hydrogens is 421 g/mol. The maximum atomic E-state index is 12.4. The van der Waals surface area contributed by atoms with Gasteiger partial charge in [0.2, 0.25) is 0 Å². The lowest BCUT2D eigenvalue weighted by molar-refractivity contribution is 0.0977. The first-order valence-corrected chi connectivity index (χ1v) is 12.7. The molecule has 0 saturated carbocycles. The van der Waals surface area contributed by atoms with E-state index in [1.54, 1.807) is 6.92 Å². The molecule has 2 rings (SSSR count). The van der Waals surface area contributed by atoms with Gasteiger partial charge in [-0.3, -0.25) is 9.36 Å². The van der Waals surface area contributed by atoms with E-state index in [9.17, 15) is 9.36 Å². The maximum absolute atomic E-state index is 12.4. The van der Waals surface area contributed by atoms with Crippen LogP contribution in [0, 0.1) is 13.8 Å². The molecule has 2 aromatic rings. The smallest absolute Gasteiger partial charge is 0.325 e. The Hall–Kier alpha value is -1.50. The zero-order valence-corrected chi connectivity index (χ0v) is 19.6. The van der Waals surface area contributed by atoms with Gasteiger partial charge in [0, 0.05) is 16.8 Å². The van der Waals surface area contributed by atoms with Gasteiger partial charge in [-0.05, 0) is 81.8 Å². The summed E-state index contributed by atoms with van der Waals surface area (Å²) in [6.45, 7) is 6.41. The van der Waals surface area contributed by atoms with Crippen molar-refractivity contribution in [2.75, 3.05) is 12.8 Å². The van der Waals surface area contributed by atoms with Crippen molar-refractivity contribution in [3.63, 3.8) is 0 Å². The normalized spacial score (nSPS) is 13.8. The van der Waals surface area contributed by atoms with Gasteiger partial charge in [0.1, 0.15) is 5.75 Å². The molecule has 1 aromatic heterocycles. The molecule has 0 radical (unpaired) electrons. The Morgan fingerprint density at radius 2 is 1.90 bits per heavy atom. The highest BCUT2D eigenvalue weighted by molar-refractivity contribution is 7.51. The Balaban J connectivity index is 1.74. The number of rotatable bonds is 12. The van der Waals surface area contributed by atoms with Crippen molar-refractivity contribution in [2.24, 2.45) is 5.73 Å². The van der Waals surface area contributed by atoms with E-state index < -0.39 is 13.1 Å². The molecule has 1 atom stereocenters. The summed E-state index contributed by atoms with van der Waals surface area (Å²) in [6.07, 6.45) is 2.42. The zero-order valence-electron chi connectivity index (χ0n) is 17.9. The topological polar surface area (TPSA) is 110 Å². The number of hydrogen-bond acceptors (Lipinski definition) is 5. The summed E-state index contributed by atoms with van der Waals surface area (Å²) in [6, 6.07) is 9.76. The van der Waals surface area contributed by atoms with Crippen LogP contribution in [0.2, 0.25) is 0 Å². The first-order valence-electron chi connectivity index (χ1n) is 10.1. The van der Waals surface area contributed by atoms with Crippen LogP contribution in [-0.2, 0) is 11.0 Å². The summed E-state index contributed by atoms with van der Waals surface area (Å²) in [5, 5.41) is 0. The lowest BCUT2D eigenvalue weighted by atomic mass is 9.94. The van der Waals surface area contributed by atoms with Gasteiger partial charge in [0.15, 0.2) is 5.78 Å². The summed E-state index contributed by atoms with van der Waals surface area (Å²) in [7, 11) is -4.04. The molecule has 6 nitrogen and oxygen atoms in total. The summed E-state index contributed by atoms with van der Waals surface area (Å²) in [5.74, 6) is 0.930. The third kappa shape index (κ3) is 8.70. The fraction of sp³-hybridized carbons (Fsp3) is 0.500. The second kappa shape index (κ2) is 10.7. The Labute approximate surface area is 182 Å². The number of benzene rings is 1. The van der Waals surface area contributed by atoms with Crippen molar-refractivity contribution in [3.05, 3.63) is 51.2 Å². The van der Waals surface area contributed by atoms with Crippen LogP contribution in [0.3, 0.4) is 0 Å². The Kier molecular flexibility index (Phi) is 8.83. The van der Waals surface area contributed by atoms with Crippen LogP contribution < -0.4 is 10.5 Å². The number of carbonyl (C=O) groups is 1. The number of nitrogens with two attached hydrogens (primary N) is 1. The number of ether oxygens (including phenoxy) is 1. The van der Waals surface area contributed by atoms with Crippen molar-refractivity contribution in [2.45, 2.75) is 58.4 Å². The van der Waals surface area contributed by atoms with E-state index in [4.69, 9.17) is 20.3 Å². The number of carbonyl (C=O) groups excluding carboxylic acids is 1. The van der Waals surface area contributed by atoms with E-state index >= 15 is 0 Å². The first-order chi connectivity index (χ1) is 14.0. The third-order valence-corrected chi connectivity index (χ3v) is 7.14. The van der Waals surface area contributed by atoms with Gasteiger partial charge in [0.25, 0.3) is 0 Å². The Morgan fingerprint density at radius 3 is 2.57 bits per heavy atom. The molecule has 0 bridgehead atoms. The van der Waals surface area contributed by atoms with Gasteiger partial charge in [-0.1, -0.05) is 6.07 Å². The number of aryl methyl sites for hydroxylation is 3. The molecule has 0 aliphatic rings. The van der Waals surface area contributed by atoms with Crippen LogP contribution in [0.5, 0.6) is 5.75 Å². The predicted molar refractivity (Wildman–Crippen MR) is 122 cm³/mol. The molecule has 30 heavy (non-hydrogen) atoms. The van der Waals surface area contributed by atoms with Crippen LogP contribution >= 0.6 is 18.9 Å². The van der Waals surface area contributed by atoms with Crippen molar-refractivity contribution < 1.29 is 23.9 Å². The van der Waals surface area contributed by atoms with Crippen molar-refractivity contribution >= 4 is 24.7 Å². The molecule has 1 heterocycles. The Morgan fingerprint density at radius 1 is 1.17 bits per heavy atom. The highest BCUT2D eigenvalue weighted by Gasteiger charge is 2.24. The molecule has 166 valence electrons. The summed E-state index contributed by atoms with van der Waals surface area (Å²) >= 11 is 1.46. The van der Waals surface area contributed by atoms with Crippen LogP contribution in [0.1, 0.15) is 58.3 Å². The molecule has 0 aliphatic carbocycles. The van der Waals surface area contributed by atoms with Crippen molar-refractivity contribution in [1.82, 2.24) is 0 Å². The summed E-state index contributed by atoms with van der Waals surface area (Å²) < 4.78 is 16.8.